The number of nitrogens with one attached hydrogen (secondary N) is 2. The van der Waals surface area contributed by atoms with Gasteiger partial charge in [-0.1, -0.05) is 12.1 Å². The minimum Gasteiger partial charge on any atom is -0.489 e. The van der Waals surface area contributed by atoms with Gasteiger partial charge in [0.25, 0.3) is 5.91 Å². The van der Waals surface area contributed by atoms with Gasteiger partial charge < -0.3 is 20.1 Å². The van der Waals surface area contributed by atoms with Gasteiger partial charge in [-0.2, -0.15) is 0 Å². The molecule has 3 aromatic rings. The van der Waals surface area contributed by atoms with Crippen LogP contribution in [-0.4, -0.2) is 30.5 Å². The molecule has 0 fully saturated rings. The molecule has 2 N–H and O–H groups in total. The number of ether oxygens (including phenoxy) is 2. The van der Waals surface area contributed by atoms with E-state index in [1.165, 1.54) is 7.11 Å². The normalized spacial score (nSPS) is 10.2. The minimum atomic E-state index is -0.266. The van der Waals surface area contributed by atoms with Crippen LogP contribution in [-0.2, 0) is 16.1 Å². The molecule has 0 saturated carbocycles. The second-order valence-electron chi connectivity index (χ2n) is 6.19. The lowest BCUT2D eigenvalue weighted by molar-refractivity contribution is -0.119. The number of pyridine rings is 1. The smallest absolute Gasteiger partial charge is 0.255 e. The number of benzene rings is 2. The molecule has 0 aliphatic heterocycles. The lowest BCUT2D eigenvalue weighted by atomic mass is 10.2. The van der Waals surface area contributed by atoms with Gasteiger partial charge in [-0.3, -0.25) is 14.6 Å². The highest BCUT2D eigenvalue weighted by Crippen LogP contribution is 2.18. The molecule has 29 heavy (non-hydrogen) atoms. The van der Waals surface area contributed by atoms with Gasteiger partial charge in [-0.15, -0.1) is 0 Å². The van der Waals surface area contributed by atoms with Crippen LogP contribution in [0.3, 0.4) is 0 Å². The predicted octanol–water partition coefficient (Wildman–Crippen LogP) is 3.50. The molecule has 3 rings (SSSR count). The van der Waals surface area contributed by atoms with Crippen molar-refractivity contribution in [3.05, 3.63) is 84.2 Å². The van der Waals surface area contributed by atoms with Crippen molar-refractivity contribution in [1.29, 1.82) is 0 Å². The van der Waals surface area contributed by atoms with E-state index in [0.29, 0.717) is 29.3 Å². The Bertz CT molecular complexity index is 959. The SMILES string of the molecule is COCC(=O)Nc1cccc(NC(=O)c2ccc(OCc3cccnc3)cc2)c1. The summed E-state index contributed by atoms with van der Waals surface area (Å²) in [6.07, 6.45) is 3.45. The van der Waals surface area contributed by atoms with Gasteiger partial charge in [0.05, 0.1) is 0 Å². The fourth-order valence-electron chi connectivity index (χ4n) is 2.56. The number of anilines is 2. The number of carbonyl (C=O) groups excluding carboxylic acids is 2. The average Bonchev–Trinajstić information content (AvgIpc) is 2.74. The van der Waals surface area contributed by atoms with Crippen molar-refractivity contribution in [3.63, 3.8) is 0 Å². The molecule has 148 valence electrons. The fraction of sp³-hybridized carbons (Fsp3) is 0.136. The number of hydrogen-bond donors (Lipinski definition) is 2. The molecular formula is C22H21N3O4. The van der Waals surface area contributed by atoms with Gasteiger partial charge in [0.1, 0.15) is 19.0 Å². The molecule has 2 aromatic carbocycles. The van der Waals surface area contributed by atoms with Crippen LogP contribution in [0.5, 0.6) is 5.75 Å². The zero-order chi connectivity index (χ0) is 20.5. The Kier molecular flexibility index (Phi) is 6.91. The first-order valence-corrected chi connectivity index (χ1v) is 8.96. The Hall–Kier alpha value is -3.71. The summed E-state index contributed by atoms with van der Waals surface area (Å²) in [5, 5.41) is 5.51. The summed E-state index contributed by atoms with van der Waals surface area (Å²) in [5.74, 6) is 0.135. The highest BCUT2D eigenvalue weighted by atomic mass is 16.5. The molecular weight excluding hydrogens is 370 g/mol. The van der Waals surface area contributed by atoms with Gasteiger partial charge in [-0.25, -0.2) is 0 Å². The molecule has 2 amide bonds. The molecule has 0 unspecified atom stereocenters. The second-order valence-corrected chi connectivity index (χ2v) is 6.19. The van der Waals surface area contributed by atoms with Gasteiger partial charge >= 0.3 is 0 Å². The van der Waals surface area contributed by atoms with Crippen molar-refractivity contribution < 1.29 is 19.1 Å². The van der Waals surface area contributed by atoms with Crippen molar-refractivity contribution in [3.8, 4) is 5.75 Å². The minimum absolute atomic E-state index is 0.0359. The van der Waals surface area contributed by atoms with Crippen molar-refractivity contribution in [1.82, 2.24) is 4.98 Å². The van der Waals surface area contributed by atoms with E-state index >= 15 is 0 Å². The molecule has 1 aromatic heterocycles. The average molecular weight is 391 g/mol. The van der Waals surface area contributed by atoms with Crippen molar-refractivity contribution in [2.75, 3.05) is 24.4 Å². The lowest BCUT2D eigenvalue weighted by Crippen LogP contribution is -2.17. The highest BCUT2D eigenvalue weighted by molar-refractivity contribution is 6.04. The number of nitrogens with zero attached hydrogens (tertiary/aromatic N) is 1. The number of hydrogen-bond acceptors (Lipinski definition) is 5. The van der Waals surface area contributed by atoms with Gasteiger partial charge in [-0.05, 0) is 48.5 Å². The van der Waals surface area contributed by atoms with Crippen LogP contribution in [0.2, 0.25) is 0 Å². The van der Waals surface area contributed by atoms with Crippen LogP contribution in [0, 0.1) is 0 Å². The molecule has 7 heteroatoms. The van der Waals surface area contributed by atoms with Crippen LogP contribution in [0.4, 0.5) is 11.4 Å². The standard InChI is InChI=1S/C22H21N3O4/c1-28-15-21(26)24-18-5-2-6-19(12-18)25-22(27)17-7-9-20(10-8-17)29-14-16-4-3-11-23-13-16/h2-13H,14-15H2,1H3,(H,24,26)(H,25,27). The Morgan fingerprint density at radius 3 is 2.41 bits per heavy atom. The summed E-state index contributed by atoms with van der Waals surface area (Å²) >= 11 is 0. The molecule has 0 bridgehead atoms. The summed E-state index contributed by atoms with van der Waals surface area (Å²) in [4.78, 5) is 28.1. The predicted molar refractivity (Wildman–Crippen MR) is 110 cm³/mol. The van der Waals surface area contributed by atoms with Crippen LogP contribution in [0.1, 0.15) is 15.9 Å². The van der Waals surface area contributed by atoms with E-state index in [1.807, 2.05) is 12.1 Å². The van der Waals surface area contributed by atoms with Gasteiger partial charge in [0.15, 0.2) is 0 Å². The number of aromatic nitrogens is 1. The molecule has 0 atom stereocenters. The lowest BCUT2D eigenvalue weighted by Gasteiger charge is -2.10. The monoisotopic (exact) mass is 391 g/mol. The zero-order valence-electron chi connectivity index (χ0n) is 15.9. The van der Waals surface area contributed by atoms with E-state index in [9.17, 15) is 9.59 Å². The summed E-state index contributed by atoms with van der Waals surface area (Å²) in [6, 6.07) is 17.6. The number of amides is 2. The zero-order valence-corrected chi connectivity index (χ0v) is 15.9. The van der Waals surface area contributed by atoms with Gasteiger partial charge in [0.2, 0.25) is 5.91 Å². The summed E-state index contributed by atoms with van der Waals surface area (Å²) in [6.45, 7) is 0.368. The number of carbonyl (C=O) groups is 2. The van der Waals surface area contributed by atoms with Crippen molar-refractivity contribution in [2.24, 2.45) is 0 Å². The summed E-state index contributed by atoms with van der Waals surface area (Å²) in [7, 11) is 1.45. The van der Waals surface area contributed by atoms with E-state index in [-0.39, 0.29) is 18.4 Å². The molecule has 7 nitrogen and oxygen atoms in total. The number of rotatable bonds is 8. The maximum absolute atomic E-state index is 12.5. The second kappa shape index (κ2) is 10.0. The topological polar surface area (TPSA) is 89.6 Å². The summed E-state index contributed by atoms with van der Waals surface area (Å²) < 4.78 is 10.5. The van der Waals surface area contributed by atoms with Crippen molar-refractivity contribution in [2.45, 2.75) is 6.61 Å². The summed E-state index contributed by atoms with van der Waals surface area (Å²) in [5.41, 5.74) is 2.60. The Labute approximate surface area is 168 Å². The van der Waals surface area contributed by atoms with Crippen LogP contribution in [0.15, 0.2) is 73.1 Å². The van der Waals surface area contributed by atoms with Crippen molar-refractivity contribution >= 4 is 23.2 Å². The van der Waals surface area contributed by atoms with E-state index in [2.05, 4.69) is 15.6 Å². The van der Waals surface area contributed by atoms with E-state index < -0.39 is 0 Å². The molecule has 1 heterocycles. The molecule has 0 aliphatic rings. The van der Waals surface area contributed by atoms with E-state index in [4.69, 9.17) is 9.47 Å². The molecule has 0 radical (unpaired) electrons. The largest absolute Gasteiger partial charge is 0.489 e. The Morgan fingerprint density at radius 2 is 1.72 bits per heavy atom. The van der Waals surface area contributed by atoms with Crippen LogP contribution >= 0.6 is 0 Å². The molecule has 0 aliphatic carbocycles. The maximum Gasteiger partial charge on any atom is 0.255 e. The van der Waals surface area contributed by atoms with Gasteiger partial charge in [0, 0.05) is 42.0 Å². The highest BCUT2D eigenvalue weighted by Gasteiger charge is 2.08. The first kappa shape index (κ1) is 20.0. The fourth-order valence-corrected chi connectivity index (χ4v) is 2.56. The van der Waals surface area contributed by atoms with E-state index in [1.54, 1.807) is 60.9 Å². The van der Waals surface area contributed by atoms with Crippen LogP contribution < -0.4 is 15.4 Å². The third-order valence-electron chi connectivity index (χ3n) is 3.92. The Balaban J connectivity index is 1.57. The maximum atomic E-state index is 12.5. The van der Waals surface area contributed by atoms with E-state index in [0.717, 1.165) is 5.56 Å². The quantitative estimate of drug-likeness (QED) is 0.613. The third-order valence-corrected chi connectivity index (χ3v) is 3.92. The van der Waals surface area contributed by atoms with Crippen LogP contribution in [0.25, 0.3) is 0 Å². The first-order chi connectivity index (χ1) is 14.1. The Morgan fingerprint density at radius 1 is 0.966 bits per heavy atom. The molecule has 0 spiro atoms. The third kappa shape index (κ3) is 6.15. The first-order valence-electron chi connectivity index (χ1n) is 8.96. The molecule has 0 saturated heterocycles. The number of methoxy groups -OCH3 is 1.